The molecule has 0 fully saturated rings. The Bertz CT molecular complexity index is 895. The maximum Gasteiger partial charge on any atom is 0.337 e. The normalized spacial score (nSPS) is 10.9. The molecule has 1 aromatic heterocycles. The molecular weight excluding hydrogens is 338 g/mol. The average molecular weight is 353 g/mol. The van der Waals surface area contributed by atoms with Gasteiger partial charge in [-0.05, 0) is 35.9 Å². The van der Waals surface area contributed by atoms with Gasteiger partial charge < -0.3 is 9.47 Å². The fraction of sp³-hybridized carbons (Fsp3) is 0.105. The zero-order valence-electron chi connectivity index (χ0n) is 13.5. The quantitative estimate of drug-likeness (QED) is 0.515. The van der Waals surface area contributed by atoms with Gasteiger partial charge in [0.2, 0.25) is 0 Å². The van der Waals surface area contributed by atoms with Gasteiger partial charge in [-0.25, -0.2) is 14.6 Å². The van der Waals surface area contributed by atoms with Gasteiger partial charge in [-0.3, -0.25) is 0 Å². The second-order valence-electron chi connectivity index (χ2n) is 5.13. The van der Waals surface area contributed by atoms with Crippen LogP contribution in [0.3, 0.4) is 0 Å². The molecule has 1 heterocycles. The summed E-state index contributed by atoms with van der Waals surface area (Å²) in [6, 6.07) is 14.5. The summed E-state index contributed by atoms with van der Waals surface area (Å²) < 4.78 is 10.9. The lowest BCUT2D eigenvalue weighted by Crippen LogP contribution is -2.01. The summed E-state index contributed by atoms with van der Waals surface area (Å²) in [6.45, 7) is 0.143. The molecule has 126 valence electrons. The molecule has 0 aliphatic carbocycles. The lowest BCUT2D eigenvalue weighted by atomic mass is 10.1. The Morgan fingerprint density at radius 2 is 1.88 bits per heavy atom. The van der Waals surface area contributed by atoms with Crippen molar-refractivity contribution in [2.75, 3.05) is 7.11 Å². The van der Waals surface area contributed by atoms with E-state index in [1.807, 2.05) is 24.3 Å². The first kappa shape index (κ1) is 16.9. The van der Waals surface area contributed by atoms with Crippen molar-refractivity contribution in [3.05, 3.63) is 70.7 Å². The molecule has 25 heavy (non-hydrogen) atoms. The molecule has 0 unspecified atom stereocenters. The summed E-state index contributed by atoms with van der Waals surface area (Å²) in [5, 5.41) is 0.755. The molecule has 0 radical (unpaired) electrons. The van der Waals surface area contributed by atoms with E-state index in [1.54, 1.807) is 30.3 Å². The minimum atomic E-state index is -0.448. The summed E-state index contributed by atoms with van der Waals surface area (Å²) in [4.78, 5) is 27.6. The van der Waals surface area contributed by atoms with Gasteiger partial charge in [-0.1, -0.05) is 24.3 Å². The molecular formula is C19H15NO4S. The minimum Gasteiger partial charge on any atom is -0.465 e. The fourth-order valence-corrected chi connectivity index (χ4v) is 3.06. The van der Waals surface area contributed by atoms with Gasteiger partial charge in [0.05, 0.1) is 22.9 Å². The number of fused-ring (bicyclic) bond motifs is 1. The third kappa shape index (κ3) is 4.30. The van der Waals surface area contributed by atoms with Gasteiger partial charge >= 0.3 is 11.9 Å². The number of ether oxygens (including phenoxy) is 2. The number of esters is 2. The third-order valence-corrected chi connectivity index (χ3v) is 4.43. The Hall–Kier alpha value is -2.99. The Morgan fingerprint density at radius 1 is 1.12 bits per heavy atom. The number of hydrogen-bond donors (Lipinski definition) is 0. The van der Waals surface area contributed by atoms with Crippen molar-refractivity contribution in [3.63, 3.8) is 0 Å². The summed E-state index contributed by atoms with van der Waals surface area (Å²) in [7, 11) is 1.33. The number of aromatic nitrogens is 1. The van der Waals surface area contributed by atoms with Gasteiger partial charge in [0.25, 0.3) is 0 Å². The van der Waals surface area contributed by atoms with Crippen molar-refractivity contribution < 1.29 is 19.1 Å². The van der Waals surface area contributed by atoms with Crippen LogP contribution in [-0.2, 0) is 20.9 Å². The fourth-order valence-electron chi connectivity index (χ4n) is 2.18. The zero-order chi connectivity index (χ0) is 17.6. The van der Waals surface area contributed by atoms with E-state index in [1.165, 1.54) is 24.5 Å². The molecule has 0 saturated heterocycles. The van der Waals surface area contributed by atoms with Crippen molar-refractivity contribution >= 4 is 39.6 Å². The summed E-state index contributed by atoms with van der Waals surface area (Å²) in [6.07, 6.45) is 2.97. The Balaban J connectivity index is 1.56. The van der Waals surface area contributed by atoms with Crippen molar-refractivity contribution in [3.8, 4) is 0 Å². The van der Waals surface area contributed by atoms with Crippen molar-refractivity contribution in [1.82, 2.24) is 4.98 Å². The SMILES string of the molecule is COC(=O)c1ccc(/C=C/C(=O)OCc2nc3ccccc3s2)cc1. The van der Waals surface area contributed by atoms with Crippen molar-refractivity contribution in [1.29, 1.82) is 0 Å². The van der Waals surface area contributed by atoms with E-state index < -0.39 is 11.9 Å². The van der Waals surface area contributed by atoms with Gasteiger partial charge in [0, 0.05) is 6.08 Å². The van der Waals surface area contributed by atoms with Crippen molar-refractivity contribution in [2.24, 2.45) is 0 Å². The number of thiazole rings is 1. The van der Waals surface area contributed by atoms with E-state index in [2.05, 4.69) is 9.72 Å². The molecule has 0 aliphatic heterocycles. The second kappa shape index (κ2) is 7.72. The summed E-state index contributed by atoms with van der Waals surface area (Å²) in [5.74, 6) is -0.845. The van der Waals surface area contributed by atoms with Crippen LogP contribution in [0.5, 0.6) is 0 Å². The standard InChI is InChI=1S/C19H15NO4S/c1-23-19(22)14-9-6-13(7-10-14)8-11-18(21)24-12-17-20-15-4-2-3-5-16(15)25-17/h2-11H,12H2,1H3/b11-8+. The first-order chi connectivity index (χ1) is 12.2. The van der Waals surface area contributed by atoms with Crippen LogP contribution in [0, 0.1) is 0 Å². The average Bonchev–Trinajstić information content (AvgIpc) is 3.07. The molecule has 0 N–H and O–H groups in total. The van der Waals surface area contributed by atoms with Gasteiger partial charge in [0.15, 0.2) is 0 Å². The van der Waals surface area contributed by atoms with Gasteiger partial charge in [-0.2, -0.15) is 0 Å². The molecule has 0 atom stereocenters. The monoisotopic (exact) mass is 353 g/mol. The van der Waals surface area contributed by atoms with Crippen LogP contribution in [0.25, 0.3) is 16.3 Å². The number of methoxy groups -OCH3 is 1. The summed E-state index contributed by atoms with van der Waals surface area (Å²) >= 11 is 1.50. The molecule has 3 aromatic rings. The van der Waals surface area contributed by atoms with Crippen LogP contribution in [0.1, 0.15) is 20.9 Å². The highest BCUT2D eigenvalue weighted by Gasteiger charge is 2.06. The molecule has 6 heteroatoms. The molecule has 3 rings (SSSR count). The predicted molar refractivity (Wildman–Crippen MR) is 96.2 cm³/mol. The van der Waals surface area contributed by atoms with Crippen LogP contribution in [-0.4, -0.2) is 24.0 Å². The Labute approximate surface area is 148 Å². The predicted octanol–water partition coefficient (Wildman–Crippen LogP) is 3.84. The maximum absolute atomic E-state index is 11.8. The number of para-hydroxylation sites is 1. The lowest BCUT2D eigenvalue weighted by Gasteiger charge is -2.00. The Kier molecular flexibility index (Phi) is 5.20. The van der Waals surface area contributed by atoms with E-state index in [-0.39, 0.29) is 6.61 Å². The van der Waals surface area contributed by atoms with E-state index in [9.17, 15) is 9.59 Å². The number of carbonyl (C=O) groups is 2. The van der Waals surface area contributed by atoms with Crippen LogP contribution in [0.15, 0.2) is 54.6 Å². The number of benzene rings is 2. The zero-order valence-corrected chi connectivity index (χ0v) is 14.3. The number of hydrogen-bond acceptors (Lipinski definition) is 6. The molecule has 5 nitrogen and oxygen atoms in total. The van der Waals surface area contributed by atoms with Gasteiger partial charge in [-0.15, -0.1) is 11.3 Å². The van der Waals surface area contributed by atoms with Crippen LogP contribution >= 0.6 is 11.3 Å². The first-order valence-electron chi connectivity index (χ1n) is 7.53. The van der Waals surface area contributed by atoms with E-state index in [0.717, 1.165) is 20.8 Å². The third-order valence-electron chi connectivity index (χ3n) is 3.42. The summed E-state index contributed by atoms with van der Waals surface area (Å²) in [5.41, 5.74) is 2.14. The van der Waals surface area contributed by atoms with E-state index in [0.29, 0.717) is 5.56 Å². The second-order valence-corrected chi connectivity index (χ2v) is 6.25. The molecule has 0 saturated carbocycles. The van der Waals surface area contributed by atoms with Crippen molar-refractivity contribution in [2.45, 2.75) is 6.61 Å². The highest BCUT2D eigenvalue weighted by molar-refractivity contribution is 7.18. The maximum atomic E-state index is 11.8. The van der Waals surface area contributed by atoms with E-state index in [4.69, 9.17) is 4.74 Å². The number of nitrogens with zero attached hydrogens (tertiary/aromatic N) is 1. The molecule has 0 aliphatic rings. The lowest BCUT2D eigenvalue weighted by molar-refractivity contribution is -0.138. The topological polar surface area (TPSA) is 65.5 Å². The molecule has 0 amide bonds. The minimum absolute atomic E-state index is 0.143. The number of carbonyl (C=O) groups excluding carboxylic acids is 2. The molecule has 0 spiro atoms. The van der Waals surface area contributed by atoms with Crippen LogP contribution in [0.2, 0.25) is 0 Å². The highest BCUT2D eigenvalue weighted by atomic mass is 32.1. The Morgan fingerprint density at radius 3 is 2.60 bits per heavy atom. The van der Waals surface area contributed by atoms with Crippen LogP contribution < -0.4 is 0 Å². The largest absolute Gasteiger partial charge is 0.465 e. The first-order valence-corrected chi connectivity index (χ1v) is 8.35. The molecule has 2 aromatic carbocycles. The van der Waals surface area contributed by atoms with Gasteiger partial charge in [0.1, 0.15) is 11.6 Å². The smallest absolute Gasteiger partial charge is 0.337 e. The highest BCUT2D eigenvalue weighted by Crippen LogP contribution is 2.22. The van der Waals surface area contributed by atoms with E-state index >= 15 is 0 Å². The molecule has 0 bridgehead atoms. The van der Waals surface area contributed by atoms with Crippen LogP contribution in [0.4, 0.5) is 0 Å². The number of rotatable bonds is 5.